The van der Waals surface area contributed by atoms with E-state index in [1.54, 1.807) is 28.7 Å². The highest BCUT2D eigenvalue weighted by molar-refractivity contribution is 7.14. The SMILES string of the molecule is CN(CC1COc2ccccc2O1)C(=O)Cc1csc(NC(=O)Cc2cccs2)n1. The largest absolute Gasteiger partial charge is 0.486 e. The molecular formula is C21H21N3O4S2. The summed E-state index contributed by atoms with van der Waals surface area (Å²) in [7, 11) is 1.74. The zero-order valence-electron chi connectivity index (χ0n) is 16.4. The van der Waals surface area contributed by atoms with E-state index in [0.29, 0.717) is 36.1 Å². The van der Waals surface area contributed by atoms with Gasteiger partial charge in [-0.05, 0) is 23.6 Å². The molecule has 9 heteroatoms. The molecule has 1 atom stereocenters. The minimum Gasteiger partial charge on any atom is -0.486 e. The minimum atomic E-state index is -0.226. The van der Waals surface area contributed by atoms with Crippen LogP contribution >= 0.6 is 22.7 Å². The number of thiophene rings is 1. The molecule has 2 amide bonds. The number of aromatic nitrogens is 1. The molecule has 0 fully saturated rings. The Hall–Kier alpha value is -2.91. The van der Waals surface area contributed by atoms with Gasteiger partial charge in [0.15, 0.2) is 22.7 Å². The van der Waals surface area contributed by atoms with Gasteiger partial charge in [-0.15, -0.1) is 22.7 Å². The lowest BCUT2D eigenvalue weighted by Crippen LogP contribution is -2.42. The van der Waals surface area contributed by atoms with Crippen molar-refractivity contribution in [2.75, 3.05) is 25.5 Å². The highest BCUT2D eigenvalue weighted by atomic mass is 32.1. The number of fused-ring (bicyclic) bond motifs is 1. The molecule has 0 saturated carbocycles. The number of carbonyl (C=O) groups is 2. The minimum absolute atomic E-state index is 0.0702. The highest BCUT2D eigenvalue weighted by Gasteiger charge is 2.24. The van der Waals surface area contributed by atoms with Gasteiger partial charge >= 0.3 is 0 Å². The molecule has 1 N–H and O–H groups in total. The highest BCUT2D eigenvalue weighted by Crippen LogP contribution is 2.31. The van der Waals surface area contributed by atoms with E-state index in [4.69, 9.17) is 9.47 Å². The Labute approximate surface area is 182 Å². The number of hydrogen-bond donors (Lipinski definition) is 1. The molecule has 0 spiro atoms. The second-order valence-electron chi connectivity index (χ2n) is 6.90. The summed E-state index contributed by atoms with van der Waals surface area (Å²) in [5.74, 6) is 1.23. The molecule has 1 aliphatic rings. The zero-order chi connectivity index (χ0) is 20.9. The predicted octanol–water partition coefficient (Wildman–Crippen LogP) is 3.23. The van der Waals surface area contributed by atoms with Crippen LogP contribution in [0.5, 0.6) is 11.5 Å². The van der Waals surface area contributed by atoms with Crippen LogP contribution < -0.4 is 14.8 Å². The van der Waals surface area contributed by atoms with E-state index in [-0.39, 0.29) is 24.3 Å². The molecule has 4 rings (SSSR count). The smallest absolute Gasteiger partial charge is 0.231 e. The first kappa shape index (κ1) is 20.4. The third-order valence-electron chi connectivity index (χ3n) is 4.52. The summed E-state index contributed by atoms with van der Waals surface area (Å²) in [5, 5.41) is 7.03. The van der Waals surface area contributed by atoms with Gasteiger partial charge in [0.2, 0.25) is 11.8 Å². The summed E-state index contributed by atoms with van der Waals surface area (Å²) in [6.45, 7) is 0.813. The molecule has 156 valence electrons. The number of hydrogen-bond acceptors (Lipinski definition) is 7. The van der Waals surface area contributed by atoms with Crippen molar-refractivity contribution in [2.24, 2.45) is 0 Å². The van der Waals surface area contributed by atoms with Crippen LogP contribution in [-0.4, -0.2) is 48.0 Å². The summed E-state index contributed by atoms with van der Waals surface area (Å²) in [6, 6.07) is 11.3. The number of rotatable bonds is 7. The fourth-order valence-corrected chi connectivity index (χ4v) is 4.46. The number of para-hydroxylation sites is 2. The van der Waals surface area contributed by atoms with Crippen molar-refractivity contribution >= 4 is 39.6 Å². The first-order valence-corrected chi connectivity index (χ1v) is 11.2. The standard InChI is InChI=1S/C21H21N3O4S2/c1-24(11-15-12-27-17-6-2-3-7-18(17)28-15)20(26)9-14-13-30-21(22-14)23-19(25)10-16-5-4-8-29-16/h2-8,13,15H,9-12H2,1H3,(H,22,23,25). The lowest BCUT2D eigenvalue weighted by Gasteiger charge is -2.29. The van der Waals surface area contributed by atoms with Crippen LogP contribution in [0.3, 0.4) is 0 Å². The average Bonchev–Trinajstić information content (AvgIpc) is 3.40. The fourth-order valence-electron chi connectivity index (χ4n) is 3.03. The van der Waals surface area contributed by atoms with Crippen molar-refractivity contribution in [3.05, 3.63) is 57.7 Å². The molecule has 0 bridgehead atoms. The maximum absolute atomic E-state index is 12.6. The normalized spacial score (nSPS) is 14.9. The number of amides is 2. The van der Waals surface area contributed by atoms with E-state index in [0.717, 1.165) is 10.6 Å². The Kier molecular flexibility index (Phi) is 6.29. The number of benzene rings is 1. The summed E-state index contributed by atoms with van der Waals surface area (Å²) in [5.41, 5.74) is 0.634. The van der Waals surface area contributed by atoms with Gasteiger partial charge in [0.05, 0.1) is 25.1 Å². The van der Waals surface area contributed by atoms with Gasteiger partial charge in [0.25, 0.3) is 0 Å². The van der Waals surface area contributed by atoms with E-state index in [9.17, 15) is 9.59 Å². The zero-order valence-corrected chi connectivity index (χ0v) is 18.0. The van der Waals surface area contributed by atoms with Crippen LogP contribution in [0.2, 0.25) is 0 Å². The number of ether oxygens (including phenoxy) is 2. The van der Waals surface area contributed by atoms with Crippen molar-refractivity contribution < 1.29 is 19.1 Å². The van der Waals surface area contributed by atoms with Crippen LogP contribution in [-0.2, 0) is 22.4 Å². The van der Waals surface area contributed by atoms with Crippen molar-refractivity contribution in [1.29, 1.82) is 0 Å². The van der Waals surface area contributed by atoms with Gasteiger partial charge < -0.3 is 19.7 Å². The molecule has 7 nitrogen and oxygen atoms in total. The lowest BCUT2D eigenvalue weighted by atomic mass is 10.2. The molecule has 30 heavy (non-hydrogen) atoms. The van der Waals surface area contributed by atoms with E-state index in [2.05, 4.69) is 10.3 Å². The molecule has 1 aromatic carbocycles. The third kappa shape index (κ3) is 5.17. The Balaban J connectivity index is 1.26. The first-order valence-electron chi connectivity index (χ1n) is 9.46. The quantitative estimate of drug-likeness (QED) is 0.606. The number of nitrogens with one attached hydrogen (secondary N) is 1. The summed E-state index contributed by atoms with van der Waals surface area (Å²) in [6.07, 6.45) is 0.259. The molecule has 1 unspecified atom stereocenters. The number of likely N-dealkylation sites (N-methyl/N-ethyl adjacent to an activating group) is 1. The number of thiazole rings is 1. The van der Waals surface area contributed by atoms with Crippen LogP contribution in [0.15, 0.2) is 47.2 Å². The van der Waals surface area contributed by atoms with Gasteiger partial charge in [-0.25, -0.2) is 4.98 Å². The van der Waals surface area contributed by atoms with E-state index < -0.39 is 0 Å². The lowest BCUT2D eigenvalue weighted by molar-refractivity contribution is -0.130. The number of carbonyl (C=O) groups excluding carboxylic acids is 2. The van der Waals surface area contributed by atoms with Crippen LogP contribution in [0.25, 0.3) is 0 Å². The Bertz CT molecular complexity index is 1020. The molecular weight excluding hydrogens is 422 g/mol. The molecule has 2 aromatic heterocycles. The maximum Gasteiger partial charge on any atom is 0.231 e. The summed E-state index contributed by atoms with van der Waals surface area (Å²) < 4.78 is 11.6. The van der Waals surface area contributed by atoms with Gasteiger partial charge in [-0.2, -0.15) is 0 Å². The third-order valence-corrected chi connectivity index (χ3v) is 6.20. The van der Waals surface area contributed by atoms with E-state index >= 15 is 0 Å². The molecule has 0 saturated heterocycles. The van der Waals surface area contributed by atoms with Crippen LogP contribution in [0, 0.1) is 0 Å². The van der Waals surface area contributed by atoms with Gasteiger partial charge in [0, 0.05) is 17.3 Å². The van der Waals surface area contributed by atoms with Crippen molar-refractivity contribution in [2.45, 2.75) is 18.9 Å². The van der Waals surface area contributed by atoms with Gasteiger partial charge in [-0.3, -0.25) is 9.59 Å². The van der Waals surface area contributed by atoms with Crippen LogP contribution in [0.1, 0.15) is 10.6 Å². The van der Waals surface area contributed by atoms with Crippen molar-refractivity contribution in [1.82, 2.24) is 9.88 Å². The predicted molar refractivity (Wildman–Crippen MR) is 116 cm³/mol. The topological polar surface area (TPSA) is 80.8 Å². The number of nitrogens with zero attached hydrogens (tertiary/aromatic N) is 2. The molecule has 0 radical (unpaired) electrons. The van der Waals surface area contributed by atoms with Gasteiger partial charge in [0.1, 0.15) is 6.61 Å². The van der Waals surface area contributed by atoms with Crippen molar-refractivity contribution in [3.63, 3.8) is 0 Å². The maximum atomic E-state index is 12.6. The average molecular weight is 444 g/mol. The summed E-state index contributed by atoms with van der Waals surface area (Å²) >= 11 is 2.86. The second kappa shape index (κ2) is 9.27. The van der Waals surface area contributed by atoms with Gasteiger partial charge in [-0.1, -0.05) is 18.2 Å². The Morgan fingerprint density at radius 3 is 2.80 bits per heavy atom. The first-order chi connectivity index (χ1) is 14.6. The van der Waals surface area contributed by atoms with E-state index in [1.165, 1.54) is 11.3 Å². The Morgan fingerprint density at radius 2 is 2.00 bits per heavy atom. The molecule has 1 aliphatic heterocycles. The fraction of sp³-hybridized carbons (Fsp3) is 0.286. The molecule has 3 aromatic rings. The monoisotopic (exact) mass is 443 g/mol. The molecule has 3 heterocycles. The number of anilines is 1. The van der Waals surface area contributed by atoms with Crippen LogP contribution in [0.4, 0.5) is 5.13 Å². The molecule has 0 aliphatic carbocycles. The second-order valence-corrected chi connectivity index (χ2v) is 8.79. The van der Waals surface area contributed by atoms with E-state index in [1.807, 2.05) is 41.8 Å². The Morgan fingerprint density at radius 1 is 1.17 bits per heavy atom. The summed E-state index contributed by atoms with van der Waals surface area (Å²) in [4.78, 5) is 31.7. The van der Waals surface area contributed by atoms with Crippen molar-refractivity contribution in [3.8, 4) is 11.5 Å².